The zero-order valence-corrected chi connectivity index (χ0v) is 20.5. The fraction of sp³-hybridized carbons (Fsp3) is 0.280. The number of esters is 1. The van der Waals surface area contributed by atoms with E-state index in [4.69, 9.17) is 23.7 Å². The Morgan fingerprint density at radius 3 is 2.06 bits per heavy atom. The van der Waals surface area contributed by atoms with Crippen LogP contribution < -0.4 is 24.3 Å². The quantitative estimate of drug-likeness (QED) is 0.412. The number of methoxy groups -OCH3 is 4. The highest BCUT2D eigenvalue weighted by atomic mass is 32.1. The molecule has 8 nitrogen and oxygen atoms in total. The molecule has 1 N–H and O–H groups in total. The lowest BCUT2D eigenvalue weighted by Crippen LogP contribution is -2.16. The Balaban J connectivity index is 1.88. The van der Waals surface area contributed by atoms with Gasteiger partial charge in [-0.15, -0.1) is 11.3 Å². The van der Waals surface area contributed by atoms with Gasteiger partial charge in [0.2, 0.25) is 11.7 Å². The van der Waals surface area contributed by atoms with Gasteiger partial charge in [-0.25, -0.2) is 4.79 Å². The summed E-state index contributed by atoms with van der Waals surface area (Å²) >= 11 is 1.25. The average Bonchev–Trinajstić information content (AvgIpc) is 3.27. The van der Waals surface area contributed by atoms with Crippen LogP contribution in [0.1, 0.15) is 22.2 Å². The van der Waals surface area contributed by atoms with Crippen molar-refractivity contribution >= 4 is 28.9 Å². The van der Waals surface area contributed by atoms with E-state index in [1.165, 1.54) is 32.7 Å². The molecule has 1 heterocycles. The predicted octanol–water partition coefficient (Wildman–Crippen LogP) is 4.81. The third-order valence-corrected chi connectivity index (χ3v) is 6.09. The lowest BCUT2D eigenvalue weighted by Gasteiger charge is -2.14. The largest absolute Gasteiger partial charge is 0.497 e. The van der Waals surface area contributed by atoms with E-state index in [9.17, 15) is 9.59 Å². The second-order valence-corrected chi connectivity index (χ2v) is 8.11. The number of thiophene rings is 1. The number of benzene rings is 2. The summed E-state index contributed by atoms with van der Waals surface area (Å²) in [5.41, 5.74) is 1.95. The second-order valence-electron chi connectivity index (χ2n) is 7.06. The first-order chi connectivity index (χ1) is 16.4. The molecule has 0 bridgehead atoms. The number of amides is 1. The standard InChI is InChI=1S/C25H27NO7S/c1-6-33-25(28)24-18(14-21(34-24)16-7-9-17(29-2)10-8-16)26-22(27)13-15-11-19(30-3)23(32-5)20(12-15)31-4/h7-12,14H,6,13H2,1-5H3,(H,26,27). The minimum Gasteiger partial charge on any atom is -0.497 e. The average molecular weight is 486 g/mol. The zero-order chi connectivity index (χ0) is 24.7. The molecule has 0 aliphatic carbocycles. The van der Waals surface area contributed by atoms with Gasteiger partial charge in [-0.1, -0.05) is 0 Å². The molecule has 2 aromatic carbocycles. The number of nitrogens with one attached hydrogen (secondary N) is 1. The number of carbonyl (C=O) groups excluding carboxylic acids is 2. The Morgan fingerprint density at radius 2 is 1.53 bits per heavy atom. The lowest BCUT2D eigenvalue weighted by atomic mass is 10.1. The Bertz CT molecular complexity index is 1130. The molecule has 0 aliphatic rings. The Morgan fingerprint density at radius 1 is 0.882 bits per heavy atom. The lowest BCUT2D eigenvalue weighted by molar-refractivity contribution is -0.115. The molecular weight excluding hydrogens is 458 g/mol. The fourth-order valence-corrected chi connectivity index (χ4v) is 4.36. The van der Waals surface area contributed by atoms with Crippen molar-refractivity contribution in [3.8, 4) is 33.4 Å². The molecule has 1 amide bonds. The van der Waals surface area contributed by atoms with E-state index in [0.29, 0.717) is 33.4 Å². The van der Waals surface area contributed by atoms with Crippen LogP contribution in [-0.2, 0) is 16.0 Å². The molecular formula is C25H27NO7S. The van der Waals surface area contributed by atoms with Crippen molar-refractivity contribution in [3.05, 3.63) is 52.9 Å². The van der Waals surface area contributed by atoms with Crippen LogP contribution in [0, 0.1) is 0 Å². The van der Waals surface area contributed by atoms with Crippen molar-refractivity contribution in [3.63, 3.8) is 0 Å². The molecule has 0 radical (unpaired) electrons. The second kappa shape index (κ2) is 11.4. The van der Waals surface area contributed by atoms with E-state index in [0.717, 1.165) is 16.2 Å². The number of ether oxygens (including phenoxy) is 5. The van der Waals surface area contributed by atoms with E-state index < -0.39 is 5.97 Å². The normalized spacial score (nSPS) is 10.4. The highest BCUT2D eigenvalue weighted by Crippen LogP contribution is 2.39. The van der Waals surface area contributed by atoms with Gasteiger partial charge < -0.3 is 29.0 Å². The van der Waals surface area contributed by atoms with Crippen LogP contribution in [0.3, 0.4) is 0 Å². The summed E-state index contributed by atoms with van der Waals surface area (Å²) in [5.74, 6) is 1.28. The molecule has 0 saturated heterocycles. The molecule has 34 heavy (non-hydrogen) atoms. The Labute approximate surface area is 202 Å². The summed E-state index contributed by atoms with van der Waals surface area (Å²) in [6.45, 7) is 1.96. The van der Waals surface area contributed by atoms with Crippen LogP contribution in [-0.4, -0.2) is 46.9 Å². The summed E-state index contributed by atoms with van der Waals surface area (Å²) in [5, 5.41) is 2.85. The van der Waals surface area contributed by atoms with Gasteiger partial charge >= 0.3 is 5.97 Å². The van der Waals surface area contributed by atoms with Crippen LogP contribution in [0.4, 0.5) is 5.69 Å². The number of rotatable bonds is 10. The fourth-order valence-electron chi connectivity index (χ4n) is 3.35. The summed E-state index contributed by atoms with van der Waals surface area (Å²) in [6.07, 6.45) is 0.0344. The third kappa shape index (κ3) is 5.60. The first kappa shape index (κ1) is 24.9. The molecule has 3 rings (SSSR count). The molecule has 1 aromatic heterocycles. The maximum atomic E-state index is 12.9. The van der Waals surface area contributed by atoms with Gasteiger partial charge in [0, 0.05) is 4.88 Å². The van der Waals surface area contributed by atoms with Crippen molar-refractivity contribution in [1.29, 1.82) is 0 Å². The Kier molecular flexibility index (Phi) is 8.37. The van der Waals surface area contributed by atoms with E-state index in [2.05, 4.69) is 5.32 Å². The van der Waals surface area contributed by atoms with Crippen LogP contribution in [0.15, 0.2) is 42.5 Å². The SMILES string of the molecule is CCOC(=O)c1sc(-c2ccc(OC)cc2)cc1NC(=O)Cc1cc(OC)c(OC)c(OC)c1. The number of hydrogen-bond donors (Lipinski definition) is 1. The summed E-state index contributed by atoms with van der Waals surface area (Å²) in [7, 11) is 6.14. The Hall–Kier alpha value is -3.72. The molecule has 0 atom stereocenters. The molecule has 0 unspecified atom stereocenters. The molecule has 180 valence electrons. The number of hydrogen-bond acceptors (Lipinski definition) is 8. The topological polar surface area (TPSA) is 92.3 Å². The van der Waals surface area contributed by atoms with Crippen molar-refractivity contribution < 1.29 is 33.3 Å². The highest BCUT2D eigenvalue weighted by Gasteiger charge is 2.21. The van der Waals surface area contributed by atoms with Crippen molar-refractivity contribution in [2.24, 2.45) is 0 Å². The maximum Gasteiger partial charge on any atom is 0.350 e. The van der Waals surface area contributed by atoms with Gasteiger partial charge in [0.1, 0.15) is 10.6 Å². The van der Waals surface area contributed by atoms with E-state index in [-0.39, 0.29) is 18.9 Å². The first-order valence-corrected chi connectivity index (χ1v) is 11.3. The van der Waals surface area contributed by atoms with Crippen molar-refractivity contribution in [1.82, 2.24) is 0 Å². The van der Waals surface area contributed by atoms with Crippen LogP contribution in [0.25, 0.3) is 10.4 Å². The summed E-state index contributed by atoms with van der Waals surface area (Å²) in [6, 6.07) is 12.6. The number of carbonyl (C=O) groups is 2. The molecule has 0 aliphatic heterocycles. The first-order valence-electron chi connectivity index (χ1n) is 10.5. The molecule has 3 aromatic rings. The predicted molar refractivity (Wildman–Crippen MR) is 131 cm³/mol. The monoisotopic (exact) mass is 485 g/mol. The van der Waals surface area contributed by atoms with E-state index >= 15 is 0 Å². The smallest absolute Gasteiger partial charge is 0.350 e. The highest BCUT2D eigenvalue weighted by molar-refractivity contribution is 7.18. The van der Waals surface area contributed by atoms with Crippen LogP contribution >= 0.6 is 11.3 Å². The molecule has 9 heteroatoms. The van der Waals surface area contributed by atoms with Gasteiger partial charge in [-0.2, -0.15) is 0 Å². The van der Waals surface area contributed by atoms with Gasteiger partial charge in [-0.05, 0) is 60.5 Å². The van der Waals surface area contributed by atoms with Gasteiger partial charge in [0.25, 0.3) is 0 Å². The third-order valence-electron chi connectivity index (χ3n) is 4.93. The zero-order valence-electron chi connectivity index (χ0n) is 19.7. The van der Waals surface area contributed by atoms with Gasteiger partial charge in [-0.3, -0.25) is 4.79 Å². The summed E-state index contributed by atoms with van der Waals surface area (Å²) in [4.78, 5) is 26.6. The minimum atomic E-state index is -0.490. The molecule has 0 spiro atoms. The van der Waals surface area contributed by atoms with Gasteiger partial charge in [0.05, 0.1) is 47.2 Å². The van der Waals surface area contributed by atoms with Crippen LogP contribution in [0.5, 0.6) is 23.0 Å². The van der Waals surface area contributed by atoms with E-state index in [1.807, 2.05) is 24.3 Å². The van der Waals surface area contributed by atoms with Crippen LogP contribution in [0.2, 0.25) is 0 Å². The maximum absolute atomic E-state index is 12.9. The van der Waals surface area contributed by atoms with Gasteiger partial charge in [0.15, 0.2) is 11.5 Å². The minimum absolute atomic E-state index is 0.0344. The number of anilines is 1. The van der Waals surface area contributed by atoms with Crippen molar-refractivity contribution in [2.75, 3.05) is 40.4 Å². The summed E-state index contributed by atoms with van der Waals surface area (Å²) < 4.78 is 26.5. The molecule has 0 fully saturated rings. The van der Waals surface area contributed by atoms with E-state index in [1.54, 1.807) is 32.2 Å². The molecule has 0 saturated carbocycles. The van der Waals surface area contributed by atoms with Crippen molar-refractivity contribution in [2.45, 2.75) is 13.3 Å².